The van der Waals surface area contributed by atoms with Crippen molar-refractivity contribution in [2.24, 2.45) is 34.5 Å². The Morgan fingerprint density at radius 2 is 1.22 bits per heavy atom. The number of amides is 4. The zero-order valence-corrected chi connectivity index (χ0v) is 18.4. The van der Waals surface area contributed by atoms with Gasteiger partial charge in [-0.1, -0.05) is 48.6 Å². The number of carbonyl (C=O) groups is 4. The van der Waals surface area contributed by atoms with Crippen LogP contribution >= 0.6 is 0 Å². The van der Waals surface area contributed by atoms with Gasteiger partial charge in [0.05, 0.1) is 22.7 Å². The van der Waals surface area contributed by atoms with Crippen LogP contribution in [0.5, 0.6) is 0 Å². The van der Waals surface area contributed by atoms with Crippen molar-refractivity contribution < 1.29 is 19.2 Å². The van der Waals surface area contributed by atoms with E-state index < -0.39 is 10.8 Å². The van der Waals surface area contributed by atoms with Gasteiger partial charge in [0.1, 0.15) is 0 Å². The third kappa shape index (κ3) is 3.07. The van der Waals surface area contributed by atoms with E-state index in [9.17, 15) is 19.2 Å². The van der Waals surface area contributed by atoms with E-state index in [1.54, 1.807) is 0 Å². The molecular formula is C26H28N2O4. The molecule has 5 rings (SSSR count). The molecule has 6 atom stereocenters. The Morgan fingerprint density at radius 3 is 1.66 bits per heavy atom. The molecule has 0 radical (unpaired) electrons. The average molecular weight is 433 g/mol. The highest BCUT2D eigenvalue weighted by atomic mass is 16.2. The Morgan fingerprint density at radius 1 is 0.781 bits per heavy atom. The highest BCUT2D eigenvalue weighted by Crippen LogP contribution is 2.46. The predicted molar refractivity (Wildman–Crippen MR) is 118 cm³/mol. The Labute approximate surface area is 187 Å². The van der Waals surface area contributed by atoms with Gasteiger partial charge >= 0.3 is 0 Å². The number of rotatable bonds is 4. The number of benzene rings is 1. The van der Waals surface area contributed by atoms with Crippen molar-refractivity contribution in [1.82, 2.24) is 10.6 Å². The van der Waals surface area contributed by atoms with E-state index in [0.29, 0.717) is 12.8 Å². The fourth-order valence-electron chi connectivity index (χ4n) is 6.38. The molecule has 0 spiro atoms. The number of hydrogen-bond donors (Lipinski definition) is 2. The fourth-order valence-corrected chi connectivity index (χ4v) is 6.38. The molecule has 1 aromatic carbocycles. The van der Waals surface area contributed by atoms with Crippen LogP contribution in [-0.4, -0.2) is 23.6 Å². The number of carbonyl (C=O) groups excluding carboxylic acids is 4. The second kappa shape index (κ2) is 7.26. The van der Waals surface area contributed by atoms with Gasteiger partial charge in [-0.15, -0.1) is 0 Å². The second-order valence-corrected chi connectivity index (χ2v) is 10.2. The maximum atomic E-state index is 12.5. The SMILES string of the molecule is CC12C=CCC(Cc3cccc(CC4CC=CC5(C)C(=O)NC(=O)C45)c3)C1C(=O)NC2=O. The van der Waals surface area contributed by atoms with E-state index in [4.69, 9.17) is 0 Å². The first-order valence-corrected chi connectivity index (χ1v) is 11.4. The molecule has 2 heterocycles. The van der Waals surface area contributed by atoms with Crippen LogP contribution in [0.1, 0.15) is 37.8 Å². The quantitative estimate of drug-likeness (QED) is 0.565. The first-order valence-electron chi connectivity index (χ1n) is 11.4. The molecule has 2 aliphatic heterocycles. The van der Waals surface area contributed by atoms with Crippen molar-refractivity contribution in [3.63, 3.8) is 0 Å². The van der Waals surface area contributed by atoms with E-state index in [1.807, 2.05) is 44.2 Å². The maximum Gasteiger partial charge on any atom is 0.237 e. The first kappa shape index (κ1) is 20.9. The van der Waals surface area contributed by atoms with Crippen LogP contribution in [0.2, 0.25) is 0 Å². The van der Waals surface area contributed by atoms with Crippen molar-refractivity contribution in [2.75, 3.05) is 0 Å². The summed E-state index contributed by atoms with van der Waals surface area (Å²) in [5.74, 6) is -1.33. The van der Waals surface area contributed by atoms with Crippen molar-refractivity contribution in [3.05, 3.63) is 59.7 Å². The number of fused-ring (bicyclic) bond motifs is 2. The molecule has 1 aromatic rings. The molecule has 6 heteroatoms. The normalized spacial score (nSPS) is 37.8. The summed E-state index contributed by atoms with van der Waals surface area (Å²) < 4.78 is 0. The van der Waals surface area contributed by atoms with Gasteiger partial charge in [-0.05, 0) is 62.5 Å². The highest BCUT2D eigenvalue weighted by Gasteiger charge is 2.55. The van der Waals surface area contributed by atoms with Crippen molar-refractivity contribution in [2.45, 2.75) is 39.5 Å². The largest absolute Gasteiger partial charge is 0.295 e. The summed E-state index contributed by atoms with van der Waals surface area (Å²) in [4.78, 5) is 49.7. The van der Waals surface area contributed by atoms with Gasteiger partial charge in [0, 0.05) is 0 Å². The lowest BCUT2D eigenvalue weighted by atomic mass is 9.65. The summed E-state index contributed by atoms with van der Waals surface area (Å²) in [7, 11) is 0. The second-order valence-electron chi connectivity index (χ2n) is 10.2. The Balaban J connectivity index is 1.35. The van der Waals surface area contributed by atoms with Crippen LogP contribution in [0, 0.1) is 34.5 Å². The van der Waals surface area contributed by atoms with E-state index in [-0.39, 0.29) is 47.3 Å². The lowest BCUT2D eigenvalue weighted by Gasteiger charge is -2.34. The minimum Gasteiger partial charge on any atom is -0.295 e. The highest BCUT2D eigenvalue weighted by molar-refractivity contribution is 6.09. The van der Waals surface area contributed by atoms with Crippen molar-refractivity contribution in [3.8, 4) is 0 Å². The molecule has 4 amide bonds. The monoisotopic (exact) mass is 432 g/mol. The van der Waals surface area contributed by atoms with E-state index in [0.717, 1.165) is 24.0 Å². The molecule has 2 aliphatic carbocycles. The van der Waals surface area contributed by atoms with Gasteiger partial charge < -0.3 is 0 Å². The maximum absolute atomic E-state index is 12.5. The van der Waals surface area contributed by atoms with E-state index in [1.165, 1.54) is 0 Å². The lowest BCUT2D eigenvalue weighted by Crippen LogP contribution is -2.37. The van der Waals surface area contributed by atoms with Crippen LogP contribution in [0.15, 0.2) is 48.6 Å². The third-order valence-electron chi connectivity index (χ3n) is 8.04. The zero-order chi connectivity index (χ0) is 22.7. The van der Waals surface area contributed by atoms with Gasteiger partial charge in [-0.3, -0.25) is 29.8 Å². The standard InChI is InChI=1S/C26H28N2O4/c1-25-10-4-8-17(19(25)21(29)27-23(25)31)13-15-6-3-7-16(12-15)14-18-9-5-11-26(2)20(18)22(30)28-24(26)32/h3-7,10-12,17-20H,8-9,13-14H2,1-2H3,(H,27,29,31)(H,28,30,32). The van der Waals surface area contributed by atoms with Gasteiger partial charge in [0.25, 0.3) is 0 Å². The summed E-state index contributed by atoms with van der Waals surface area (Å²) in [6.07, 6.45) is 10.8. The lowest BCUT2D eigenvalue weighted by molar-refractivity contribution is -0.128. The zero-order valence-electron chi connectivity index (χ0n) is 18.4. The molecule has 32 heavy (non-hydrogen) atoms. The van der Waals surface area contributed by atoms with E-state index in [2.05, 4.69) is 28.8 Å². The first-order chi connectivity index (χ1) is 15.2. The molecule has 166 valence electrons. The molecule has 2 N–H and O–H groups in total. The Kier molecular flexibility index (Phi) is 4.73. The molecule has 0 bridgehead atoms. The molecule has 0 aromatic heterocycles. The molecule has 2 fully saturated rings. The number of nitrogens with one attached hydrogen (secondary N) is 2. The average Bonchev–Trinajstić information content (AvgIpc) is 3.11. The number of allylic oxidation sites excluding steroid dienone is 2. The third-order valence-corrected chi connectivity index (χ3v) is 8.04. The van der Waals surface area contributed by atoms with Gasteiger partial charge in [-0.2, -0.15) is 0 Å². The predicted octanol–water partition coefficient (Wildman–Crippen LogP) is 2.48. The summed E-state index contributed by atoms with van der Waals surface area (Å²) in [6, 6.07) is 8.28. The van der Waals surface area contributed by atoms with Gasteiger partial charge in [0.15, 0.2) is 0 Å². The Bertz CT molecular complexity index is 1010. The smallest absolute Gasteiger partial charge is 0.237 e. The Hall–Kier alpha value is -3.02. The van der Waals surface area contributed by atoms with Crippen LogP contribution in [0.4, 0.5) is 0 Å². The van der Waals surface area contributed by atoms with Crippen LogP contribution in [0.25, 0.3) is 0 Å². The number of imide groups is 2. The molecular weight excluding hydrogens is 404 g/mol. The summed E-state index contributed by atoms with van der Waals surface area (Å²) >= 11 is 0. The molecule has 4 aliphatic rings. The van der Waals surface area contributed by atoms with Gasteiger partial charge in [-0.25, -0.2) is 0 Å². The minimum atomic E-state index is -0.765. The molecule has 6 unspecified atom stereocenters. The van der Waals surface area contributed by atoms with Crippen LogP contribution in [0.3, 0.4) is 0 Å². The molecule has 0 saturated carbocycles. The summed E-state index contributed by atoms with van der Waals surface area (Å²) in [5, 5.41) is 5.02. The van der Waals surface area contributed by atoms with Gasteiger partial charge in [0.2, 0.25) is 23.6 Å². The van der Waals surface area contributed by atoms with E-state index >= 15 is 0 Å². The summed E-state index contributed by atoms with van der Waals surface area (Å²) in [5.41, 5.74) is 0.717. The summed E-state index contributed by atoms with van der Waals surface area (Å²) in [6.45, 7) is 3.69. The fraction of sp³-hybridized carbons (Fsp3) is 0.462. The van der Waals surface area contributed by atoms with Crippen LogP contribution < -0.4 is 10.6 Å². The molecule has 6 nitrogen and oxygen atoms in total. The topological polar surface area (TPSA) is 92.3 Å². The van der Waals surface area contributed by atoms with Crippen LogP contribution in [-0.2, 0) is 32.0 Å². The minimum absolute atomic E-state index is 0.0610. The van der Waals surface area contributed by atoms with Crippen molar-refractivity contribution >= 4 is 23.6 Å². The van der Waals surface area contributed by atoms with Crippen molar-refractivity contribution in [1.29, 1.82) is 0 Å². The number of hydrogen-bond acceptors (Lipinski definition) is 4. The molecule has 2 saturated heterocycles.